The van der Waals surface area contributed by atoms with Crippen molar-refractivity contribution in [2.45, 2.75) is 39.5 Å². The van der Waals surface area contributed by atoms with Crippen molar-refractivity contribution in [3.63, 3.8) is 0 Å². The number of rotatable bonds is 9. The summed E-state index contributed by atoms with van der Waals surface area (Å²) in [6.07, 6.45) is 0.962. The van der Waals surface area contributed by atoms with Gasteiger partial charge in [-0.25, -0.2) is 4.79 Å². The van der Waals surface area contributed by atoms with E-state index in [0.717, 1.165) is 21.9 Å². The molecule has 0 radical (unpaired) electrons. The van der Waals surface area contributed by atoms with Crippen LogP contribution in [0.15, 0.2) is 84.9 Å². The van der Waals surface area contributed by atoms with Gasteiger partial charge in [-0.1, -0.05) is 80.6 Å². The largest absolute Gasteiger partial charge is 0.478 e. The lowest BCUT2D eigenvalue weighted by Gasteiger charge is -2.22. The number of hydrogen-bond donors (Lipinski definition) is 3. The number of anilines is 2. The van der Waals surface area contributed by atoms with Crippen molar-refractivity contribution in [2.75, 3.05) is 10.6 Å². The van der Waals surface area contributed by atoms with Gasteiger partial charge in [-0.05, 0) is 58.0 Å². The molecule has 2 amide bonds. The van der Waals surface area contributed by atoms with Crippen molar-refractivity contribution in [3.05, 3.63) is 107 Å². The molecule has 6 heteroatoms. The molecule has 0 heterocycles. The Hall–Kier alpha value is -4.45. The average Bonchev–Trinajstić information content (AvgIpc) is 2.88. The van der Waals surface area contributed by atoms with Crippen molar-refractivity contribution in [1.29, 1.82) is 0 Å². The van der Waals surface area contributed by atoms with Crippen molar-refractivity contribution in [2.24, 2.45) is 5.92 Å². The van der Waals surface area contributed by atoms with E-state index >= 15 is 0 Å². The molecule has 0 aliphatic heterocycles. The topological polar surface area (TPSA) is 95.5 Å². The first-order valence-electron chi connectivity index (χ1n) is 12.7. The van der Waals surface area contributed by atoms with Gasteiger partial charge in [0.2, 0.25) is 11.8 Å². The SMILES string of the molecule is CC(=O)Nc1ccc(Cc2ccccc2C(=O)O)c(NC(=O)C(CC(C)C)c2cccc3ccccc23)c1. The molecule has 4 rings (SSSR count). The summed E-state index contributed by atoms with van der Waals surface area (Å²) in [6.45, 7) is 5.61. The lowest BCUT2D eigenvalue weighted by atomic mass is 9.86. The van der Waals surface area contributed by atoms with Gasteiger partial charge in [-0.15, -0.1) is 0 Å². The maximum absolute atomic E-state index is 13.9. The van der Waals surface area contributed by atoms with Crippen molar-refractivity contribution < 1.29 is 19.5 Å². The molecule has 4 aromatic carbocycles. The Kier molecular flexibility index (Phi) is 8.22. The molecule has 0 aliphatic carbocycles. The van der Waals surface area contributed by atoms with Gasteiger partial charge in [0.1, 0.15) is 0 Å². The van der Waals surface area contributed by atoms with Crippen LogP contribution in [0.4, 0.5) is 11.4 Å². The third-order valence-corrected chi connectivity index (χ3v) is 6.54. The van der Waals surface area contributed by atoms with Gasteiger partial charge < -0.3 is 15.7 Å². The number of carbonyl (C=O) groups excluding carboxylic acids is 2. The maximum Gasteiger partial charge on any atom is 0.335 e. The van der Waals surface area contributed by atoms with Gasteiger partial charge >= 0.3 is 5.97 Å². The second kappa shape index (κ2) is 11.7. The molecule has 1 atom stereocenters. The van der Waals surface area contributed by atoms with Crippen molar-refractivity contribution >= 4 is 39.9 Å². The van der Waals surface area contributed by atoms with Gasteiger partial charge in [-0.3, -0.25) is 9.59 Å². The molecule has 0 saturated heterocycles. The highest BCUT2D eigenvalue weighted by molar-refractivity contribution is 6.01. The molecular formula is C32H32N2O4. The fraction of sp³-hybridized carbons (Fsp3) is 0.219. The minimum atomic E-state index is -1.01. The van der Waals surface area contributed by atoms with E-state index in [2.05, 4.69) is 24.5 Å². The van der Waals surface area contributed by atoms with E-state index in [1.165, 1.54) is 6.92 Å². The summed E-state index contributed by atoms with van der Waals surface area (Å²) in [5.41, 5.74) is 3.65. The minimum Gasteiger partial charge on any atom is -0.478 e. The minimum absolute atomic E-state index is 0.150. The first-order valence-corrected chi connectivity index (χ1v) is 12.7. The molecule has 0 spiro atoms. The molecule has 0 bridgehead atoms. The monoisotopic (exact) mass is 508 g/mol. The summed E-state index contributed by atoms with van der Waals surface area (Å²) in [7, 11) is 0. The number of amides is 2. The number of aromatic carboxylic acids is 1. The van der Waals surface area contributed by atoms with E-state index in [0.29, 0.717) is 29.8 Å². The van der Waals surface area contributed by atoms with Crippen molar-refractivity contribution in [1.82, 2.24) is 0 Å². The Morgan fingerprint density at radius 2 is 1.53 bits per heavy atom. The van der Waals surface area contributed by atoms with Crippen LogP contribution < -0.4 is 10.6 Å². The third-order valence-electron chi connectivity index (χ3n) is 6.54. The first-order chi connectivity index (χ1) is 18.2. The van der Waals surface area contributed by atoms with Crippen molar-refractivity contribution in [3.8, 4) is 0 Å². The maximum atomic E-state index is 13.9. The van der Waals surface area contributed by atoms with Gasteiger partial charge in [-0.2, -0.15) is 0 Å². The lowest BCUT2D eigenvalue weighted by molar-refractivity contribution is -0.118. The molecular weight excluding hydrogens is 476 g/mol. The van der Waals surface area contributed by atoms with Gasteiger partial charge in [0.25, 0.3) is 0 Å². The summed E-state index contributed by atoms with van der Waals surface area (Å²) in [4.78, 5) is 37.4. The van der Waals surface area contributed by atoms with Crippen LogP contribution in [0.25, 0.3) is 10.8 Å². The smallest absolute Gasteiger partial charge is 0.335 e. The van der Waals surface area contributed by atoms with E-state index in [4.69, 9.17) is 0 Å². The summed E-state index contributed by atoms with van der Waals surface area (Å²) < 4.78 is 0. The van der Waals surface area contributed by atoms with Gasteiger partial charge in [0, 0.05) is 24.7 Å². The summed E-state index contributed by atoms with van der Waals surface area (Å²) in [6, 6.07) is 26.2. The summed E-state index contributed by atoms with van der Waals surface area (Å²) >= 11 is 0. The fourth-order valence-corrected chi connectivity index (χ4v) is 4.84. The second-order valence-electron chi connectivity index (χ2n) is 9.93. The van der Waals surface area contributed by atoms with Crippen LogP contribution in [0.1, 0.15) is 60.2 Å². The lowest BCUT2D eigenvalue weighted by Crippen LogP contribution is -2.24. The number of nitrogens with one attached hydrogen (secondary N) is 2. The molecule has 1 unspecified atom stereocenters. The predicted octanol–water partition coefficient (Wildman–Crippen LogP) is 6.86. The summed E-state index contributed by atoms with van der Waals surface area (Å²) in [5, 5.41) is 17.7. The number of hydrogen-bond acceptors (Lipinski definition) is 3. The Bertz CT molecular complexity index is 1490. The Morgan fingerprint density at radius 3 is 2.26 bits per heavy atom. The molecule has 0 aromatic heterocycles. The molecule has 0 fully saturated rings. The molecule has 194 valence electrons. The zero-order valence-corrected chi connectivity index (χ0v) is 21.8. The summed E-state index contributed by atoms with van der Waals surface area (Å²) in [5.74, 6) is -1.50. The molecule has 38 heavy (non-hydrogen) atoms. The van der Waals surface area contributed by atoms with Crippen LogP contribution in [0.5, 0.6) is 0 Å². The van der Waals surface area contributed by atoms with E-state index in [1.54, 1.807) is 36.4 Å². The van der Waals surface area contributed by atoms with Crippen LogP contribution >= 0.6 is 0 Å². The highest BCUT2D eigenvalue weighted by Crippen LogP contribution is 2.33. The van der Waals surface area contributed by atoms with Crippen LogP contribution in [0.3, 0.4) is 0 Å². The average molecular weight is 509 g/mol. The molecule has 0 saturated carbocycles. The van der Waals surface area contributed by atoms with E-state index in [9.17, 15) is 19.5 Å². The normalized spacial score (nSPS) is 11.8. The van der Waals surface area contributed by atoms with Gasteiger partial charge in [0.15, 0.2) is 0 Å². The van der Waals surface area contributed by atoms with Crippen LogP contribution in [-0.2, 0) is 16.0 Å². The van der Waals surface area contributed by atoms with Crippen LogP contribution in [-0.4, -0.2) is 22.9 Å². The molecule has 3 N–H and O–H groups in total. The first kappa shape index (κ1) is 26.6. The molecule has 4 aromatic rings. The predicted molar refractivity (Wildman–Crippen MR) is 152 cm³/mol. The Morgan fingerprint density at radius 1 is 0.816 bits per heavy atom. The number of fused-ring (bicyclic) bond motifs is 1. The zero-order chi connectivity index (χ0) is 27.2. The zero-order valence-electron chi connectivity index (χ0n) is 21.8. The third kappa shape index (κ3) is 6.27. The van der Waals surface area contributed by atoms with E-state index < -0.39 is 11.9 Å². The number of carboxylic acid groups (broad SMARTS) is 1. The van der Waals surface area contributed by atoms with Gasteiger partial charge in [0.05, 0.1) is 11.5 Å². The quantitative estimate of drug-likeness (QED) is 0.230. The molecule has 6 nitrogen and oxygen atoms in total. The standard InChI is InChI=1S/C32H32N2O4/c1-20(2)17-29(28-14-8-11-22-9-4-6-12-26(22)28)31(36)34-30-19-25(33-21(3)35)16-15-24(30)18-23-10-5-7-13-27(23)32(37)38/h4-16,19-20,29H,17-18H2,1-3H3,(H,33,35)(H,34,36)(H,37,38). The fourth-order valence-electron chi connectivity index (χ4n) is 4.84. The van der Waals surface area contributed by atoms with Crippen LogP contribution in [0, 0.1) is 5.92 Å². The Balaban J connectivity index is 1.74. The molecule has 0 aliphatic rings. The van der Waals surface area contributed by atoms with E-state index in [-0.39, 0.29) is 23.3 Å². The Labute approximate surface area is 222 Å². The highest BCUT2D eigenvalue weighted by atomic mass is 16.4. The number of carbonyl (C=O) groups is 3. The van der Waals surface area contributed by atoms with Crippen LogP contribution in [0.2, 0.25) is 0 Å². The highest BCUT2D eigenvalue weighted by Gasteiger charge is 2.25. The number of benzene rings is 4. The second-order valence-corrected chi connectivity index (χ2v) is 9.93. The van der Waals surface area contributed by atoms with E-state index in [1.807, 2.05) is 48.5 Å². The number of carboxylic acids is 1.